The highest BCUT2D eigenvalue weighted by Crippen LogP contribution is 2.34. The standard InChI is InChI=1S/C26H24FN3O/c1-17-15-18-7-2-3-10-24(18)30(17)25(31)11-6-8-20-21-16-19(27)12-13-22(21)29-26(20)23-9-4-5-14-28-23/h2-5,7,9-10,12-14,16-17,29H,6,8,11,15H2,1H3. The molecule has 0 saturated carbocycles. The third-order valence-electron chi connectivity index (χ3n) is 6.08. The maximum atomic E-state index is 14.0. The first-order chi connectivity index (χ1) is 15.1. The summed E-state index contributed by atoms with van der Waals surface area (Å²) in [6.07, 6.45) is 4.45. The molecule has 5 rings (SSSR count). The number of anilines is 1. The zero-order chi connectivity index (χ0) is 21.4. The minimum absolute atomic E-state index is 0.142. The number of aromatic nitrogens is 2. The van der Waals surface area contributed by atoms with Crippen molar-refractivity contribution >= 4 is 22.5 Å². The van der Waals surface area contributed by atoms with Crippen LogP contribution in [0.2, 0.25) is 0 Å². The molecule has 0 bridgehead atoms. The highest BCUT2D eigenvalue weighted by molar-refractivity contribution is 5.96. The van der Waals surface area contributed by atoms with E-state index >= 15 is 0 Å². The molecule has 1 atom stereocenters. The molecule has 3 heterocycles. The minimum Gasteiger partial charge on any atom is -0.353 e. The Kier molecular flexibility index (Phi) is 5.02. The number of hydrogen-bond acceptors (Lipinski definition) is 2. The van der Waals surface area contributed by atoms with Crippen LogP contribution in [0.5, 0.6) is 0 Å². The van der Waals surface area contributed by atoms with Crippen molar-refractivity contribution in [1.82, 2.24) is 9.97 Å². The molecule has 4 aromatic rings. The molecule has 1 aliphatic heterocycles. The monoisotopic (exact) mass is 413 g/mol. The summed E-state index contributed by atoms with van der Waals surface area (Å²) >= 11 is 0. The van der Waals surface area contributed by atoms with E-state index in [0.29, 0.717) is 19.3 Å². The quantitative estimate of drug-likeness (QED) is 0.458. The number of benzene rings is 2. The highest BCUT2D eigenvalue weighted by atomic mass is 19.1. The lowest BCUT2D eigenvalue weighted by Gasteiger charge is -2.22. The van der Waals surface area contributed by atoms with E-state index in [0.717, 1.165) is 40.0 Å². The average Bonchev–Trinajstić information content (AvgIpc) is 3.31. The van der Waals surface area contributed by atoms with Gasteiger partial charge in [-0.1, -0.05) is 24.3 Å². The molecule has 1 aliphatic rings. The fourth-order valence-electron chi connectivity index (χ4n) is 4.69. The van der Waals surface area contributed by atoms with Gasteiger partial charge in [-0.05, 0) is 73.7 Å². The Hall–Kier alpha value is -3.47. The molecule has 0 fully saturated rings. The molecule has 1 unspecified atom stereocenters. The van der Waals surface area contributed by atoms with Crippen LogP contribution >= 0.6 is 0 Å². The molecule has 2 aromatic carbocycles. The molecule has 1 N–H and O–H groups in total. The van der Waals surface area contributed by atoms with Crippen LogP contribution in [-0.2, 0) is 17.6 Å². The first-order valence-electron chi connectivity index (χ1n) is 10.7. The second kappa shape index (κ2) is 7.99. The lowest BCUT2D eigenvalue weighted by molar-refractivity contribution is -0.119. The van der Waals surface area contributed by atoms with E-state index in [4.69, 9.17) is 0 Å². The SMILES string of the molecule is CC1Cc2ccccc2N1C(=O)CCCc1c(-c2ccccn2)[nH]c2ccc(F)cc12. The Morgan fingerprint density at radius 2 is 2.00 bits per heavy atom. The first kappa shape index (κ1) is 19.5. The summed E-state index contributed by atoms with van der Waals surface area (Å²) in [4.78, 5) is 22.9. The van der Waals surface area contributed by atoms with Gasteiger partial charge in [0, 0.05) is 35.2 Å². The molecule has 156 valence electrons. The summed E-state index contributed by atoms with van der Waals surface area (Å²) in [5.41, 5.74) is 5.87. The van der Waals surface area contributed by atoms with Crippen molar-refractivity contribution in [3.05, 3.63) is 83.8 Å². The summed E-state index contributed by atoms with van der Waals surface area (Å²) in [5.74, 6) is -0.123. The number of halogens is 1. The maximum absolute atomic E-state index is 14.0. The van der Waals surface area contributed by atoms with Gasteiger partial charge in [-0.25, -0.2) is 4.39 Å². The number of rotatable bonds is 5. The number of nitrogens with zero attached hydrogens (tertiary/aromatic N) is 2. The van der Waals surface area contributed by atoms with Crippen LogP contribution in [0.3, 0.4) is 0 Å². The van der Waals surface area contributed by atoms with Gasteiger partial charge in [0.05, 0.1) is 11.4 Å². The van der Waals surface area contributed by atoms with Crippen LogP contribution in [0.25, 0.3) is 22.3 Å². The van der Waals surface area contributed by atoms with E-state index in [2.05, 4.69) is 23.0 Å². The van der Waals surface area contributed by atoms with Crippen molar-refractivity contribution < 1.29 is 9.18 Å². The van der Waals surface area contributed by atoms with E-state index in [-0.39, 0.29) is 17.8 Å². The van der Waals surface area contributed by atoms with Gasteiger partial charge >= 0.3 is 0 Å². The summed E-state index contributed by atoms with van der Waals surface area (Å²) in [6.45, 7) is 2.10. The molecular weight excluding hydrogens is 389 g/mol. The van der Waals surface area contributed by atoms with E-state index in [1.165, 1.54) is 11.6 Å². The third-order valence-corrected chi connectivity index (χ3v) is 6.08. The first-order valence-corrected chi connectivity index (χ1v) is 10.7. The minimum atomic E-state index is -0.265. The van der Waals surface area contributed by atoms with Crippen LogP contribution in [0, 0.1) is 5.82 Å². The van der Waals surface area contributed by atoms with Crippen molar-refractivity contribution in [2.75, 3.05) is 4.90 Å². The van der Waals surface area contributed by atoms with Gasteiger partial charge in [-0.3, -0.25) is 9.78 Å². The van der Waals surface area contributed by atoms with Gasteiger partial charge in [-0.2, -0.15) is 0 Å². The Balaban J connectivity index is 1.39. The summed E-state index contributed by atoms with van der Waals surface area (Å²) in [7, 11) is 0. The van der Waals surface area contributed by atoms with Gasteiger partial charge in [0.1, 0.15) is 5.82 Å². The summed E-state index contributed by atoms with van der Waals surface area (Å²) in [5, 5.41) is 0.855. The van der Waals surface area contributed by atoms with Crippen LogP contribution in [-0.4, -0.2) is 21.9 Å². The predicted octanol–water partition coefficient (Wildman–Crippen LogP) is 5.67. The zero-order valence-electron chi connectivity index (χ0n) is 17.4. The van der Waals surface area contributed by atoms with Crippen molar-refractivity contribution in [1.29, 1.82) is 0 Å². The Morgan fingerprint density at radius 1 is 1.16 bits per heavy atom. The molecule has 2 aromatic heterocycles. The Bertz CT molecular complexity index is 1250. The van der Waals surface area contributed by atoms with E-state index in [1.807, 2.05) is 41.3 Å². The Labute approximate surface area is 180 Å². The largest absolute Gasteiger partial charge is 0.353 e. The predicted molar refractivity (Wildman–Crippen MR) is 122 cm³/mol. The molecule has 1 amide bonds. The summed E-state index contributed by atoms with van der Waals surface area (Å²) in [6, 6.07) is 18.8. The number of hydrogen-bond donors (Lipinski definition) is 1. The second-order valence-electron chi connectivity index (χ2n) is 8.18. The lowest BCUT2D eigenvalue weighted by atomic mass is 10.0. The number of aryl methyl sites for hydroxylation is 1. The number of fused-ring (bicyclic) bond motifs is 2. The molecule has 5 heteroatoms. The van der Waals surface area contributed by atoms with Gasteiger partial charge in [-0.15, -0.1) is 0 Å². The van der Waals surface area contributed by atoms with E-state index in [9.17, 15) is 9.18 Å². The number of carbonyl (C=O) groups is 1. The molecule has 0 spiro atoms. The maximum Gasteiger partial charge on any atom is 0.227 e. The lowest BCUT2D eigenvalue weighted by Crippen LogP contribution is -2.35. The second-order valence-corrected chi connectivity index (χ2v) is 8.18. The highest BCUT2D eigenvalue weighted by Gasteiger charge is 2.30. The zero-order valence-corrected chi connectivity index (χ0v) is 17.4. The normalized spacial score (nSPS) is 15.4. The molecule has 0 saturated heterocycles. The number of nitrogens with one attached hydrogen (secondary N) is 1. The topological polar surface area (TPSA) is 49.0 Å². The smallest absolute Gasteiger partial charge is 0.227 e. The van der Waals surface area contributed by atoms with Crippen LogP contribution in [0.4, 0.5) is 10.1 Å². The summed E-state index contributed by atoms with van der Waals surface area (Å²) < 4.78 is 14.0. The number of H-pyrrole nitrogens is 1. The number of amides is 1. The van der Waals surface area contributed by atoms with E-state index < -0.39 is 0 Å². The van der Waals surface area contributed by atoms with Crippen molar-refractivity contribution in [3.8, 4) is 11.4 Å². The third kappa shape index (κ3) is 3.61. The van der Waals surface area contributed by atoms with Crippen molar-refractivity contribution in [2.24, 2.45) is 0 Å². The van der Waals surface area contributed by atoms with Gasteiger partial charge in [0.15, 0.2) is 0 Å². The number of para-hydroxylation sites is 1. The molecule has 0 aliphatic carbocycles. The van der Waals surface area contributed by atoms with Crippen LogP contribution in [0.1, 0.15) is 30.9 Å². The average molecular weight is 413 g/mol. The number of pyridine rings is 1. The van der Waals surface area contributed by atoms with Crippen molar-refractivity contribution in [2.45, 2.75) is 38.6 Å². The van der Waals surface area contributed by atoms with Gasteiger partial charge < -0.3 is 9.88 Å². The van der Waals surface area contributed by atoms with Gasteiger partial charge in [0.2, 0.25) is 5.91 Å². The number of carbonyl (C=O) groups excluding carboxylic acids is 1. The molecule has 4 nitrogen and oxygen atoms in total. The fraction of sp³-hybridized carbons (Fsp3) is 0.231. The van der Waals surface area contributed by atoms with Gasteiger partial charge in [0.25, 0.3) is 0 Å². The molecule has 0 radical (unpaired) electrons. The fourth-order valence-corrected chi connectivity index (χ4v) is 4.69. The van der Waals surface area contributed by atoms with E-state index in [1.54, 1.807) is 18.3 Å². The Morgan fingerprint density at radius 3 is 2.84 bits per heavy atom. The molecular formula is C26H24FN3O. The number of aromatic amines is 1. The van der Waals surface area contributed by atoms with Crippen LogP contribution in [0.15, 0.2) is 66.9 Å². The van der Waals surface area contributed by atoms with Crippen molar-refractivity contribution in [3.63, 3.8) is 0 Å². The molecule has 31 heavy (non-hydrogen) atoms. The van der Waals surface area contributed by atoms with Crippen LogP contribution < -0.4 is 4.90 Å².